The van der Waals surface area contributed by atoms with Crippen molar-refractivity contribution >= 4 is 21.6 Å². The molecule has 0 aliphatic heterocycles. The fourth-order valence-electron chi connectivity index (χ4n) is 6.02. The van der Waals surface area contributed by atoms with Crippen molar-refractivity contribution in [2.75, 3.05) is 4.72 Å². The van der Waals surface area contributed by atoms with Gasteiger partial charge in [-0.15, -0.1) is 0 Å². The van der Waals surface area contributed by atoms with Crippen molar-refractivity contribution in [2.24, 2.45) is 17.8 Å². The van der Waals surface area contributed by atoms with Crippen LogP contribution >= 0.6 is 0 Å². The Labute approximate surface area is 176 Å². The quantitative estimate of drug-likeness (QED) is 0.684. The van der Waals surface area contributed by atoms with Crippen LogP contribution in [0.3, 0.4) is 0 Å². The first-order chi connectivity index (χ1) is 14.3. The Morgan fingerprint density at radius 3 is 2.23 bits per heavy atom. The van der Waals surface area contributed by atoms with Crippen molar-refractivity contribution in [3.05, 3.63) is 60.2 Å². The van der Waals surface area contributed by atoms with Gasteiger partial charge in [0.1, 0.15) is 0 Å². The maximum absolute atomic E-state index is 13.2. The molecule has 6 rings (SSSR count). The van der Waals surface area contributed by atoms with Gasteiger partial charge in [-0.3, -0.25) is 9.52 Å². The molecule has 6 nitrogen and oxygen atoms in total. The van der Waals surface area contributed by atoms with Crippen LogP contribution in [0.2, 0.25) is 0 Å². The number of para-hydroxylation sites is 1. The number of benzene rings is 2. The highest BCUT2D eigenvalue weighted by atomic mass is 32.2. The van der Waals surface area contributed by atoms with Crippen LogP contribution in [0.1, 0.15) is 42.5 Å². The average molecular weight is 427 g/mol. The molecule has 2 atom stereocenters. The van der Waals surface area contributed by atoms with Gasteiger partial charge in [-0.2, -0.15) is 0 Å². The van der Waals surface area contributed by atoms with Crippen LogP contribution in [0.5, 0.6) is 0 Å². The summed E-state index contributed by atoms with van der Waals surface area (Å²) in [4.78, 5) is 13.3. The van der Waals surface area contributed by atoms with Gasteiger partial charge in [0.25, 0.3) is 15.9 Å². The van der Waals surface area contributed by atoms with E-state index < -0.39 is 15.6 Å². The van der Waals surface area contributed by atoms with Crippen LogP contribution in [0.15, 0.2) is 59.5 Å². The molecule has 30 heavy (non-hydrogen) atoms. The normalized spacial score (nSPS) is 32.0. The summed E-state index contributed by atoms with van der Waals surface area (Å²) >= 11 is 0. The zero-order chi connectivity index (χ0) is 20.9. The first-order valence-corrected chi connectivity index (χ1v) is 12.0. The molecule has 4 aliphatic rings. The second-order valence-corrected chi connectivity index (χ2v) is 10.8. The Morgan fingerprint density at radius 1 is 0.933 bits per heavy atom. The lowest BCUT2D eigenvalue weighted by atomic mass is 9.52. The standard InChI is InChI=1S/C23H26N2O4S/c26-22(24-21-16-10-15-11-17(21)14-23(27,12-15)13-16)19-8-4-5-9-20(19)25-30(28,29)18-6-2-1-3-7-18/h1-9,15-17,21,25,27H,10-14H2,(H,24,26). The van der Waals surface area contributed by atoms with Crippen LogP contribution in [-0.2, 0) is 10.0 Å². The van der Waals surface area contributed by atoms with Crippen molar-refractivity contribution < 1.29 is 18.3 Å². The smallest absolute Gasteiger partial charge is 0.261 e. The van der Waals surface area contributed by atoms with Gasteiger partial charge in [0.2, 0.25) is 0 Å². The SMILES string of the molecule is O=C(NC1C2CC3CC1CC(O)(C3)C2)c1ccccc1NS(=O)(=O)c1ccccc1. The Kier molecular flexibility index (Phi) is 4.63. The monoisotopic (exact) mass is 426 g/mol. The molecule has 0 spiro atoms. The van der Waals surface area contributed by atoms with E-state index in [0.717, 1.165) is 32.1 Å². The number of hydrogen-bond donors (Lipinski definition) is 3. The molecule has 2 aromatic rings. The van der Waals surface area contributed by atoms with Crippen molar-refractivity contribution in [2.45, 2.75) is 48.6 Å². The fourth-order valence-corrected chi connectivity index (χ4v) is 7.12. The van der Waals surface area contributed by atoms with Gasteiger partial charge in [-0.1, -0.05) is 30.3 Å². The van der Waals surface area contributed by atoms with E-state index in [4.69, 9.17) is 0 Å². The van der Waals surface area contributed by atoms with Gasteiger partial charge in [0.05, 0.1) is 21.7 Å². The van der Waals surface area contributed by atoms with Gasteiger partial charge in [-0.05, 0) is 74.1 Å². The number of carbonyl (C=O) groups is 1. The summed E-state index contributed by atoms with van der Waals surface area (Å²) in [5.41, 5.74) is 0.0202. The Balaban J connectivity index is 1.36. The molecule has 0 aromatic heterocycles. The molecule has 7 heteroatoms. The van der Waals surface area contributed by atoms with Crippen molar-refractivity contribution in [1.29, 1.82) is 0 Å². The molecular weight excluding hydrogens is 400 g/mol. The minimum absolute atomic E-state index is 0.0353. The lowest BCUT2D eigenvalue weighted by Crippen LogP contribution is -2.61. The number of rotatable bonds is 5. The zero-order valence-corrected chi connectivity index (χ0v) is 17.4. The van der Waals surface area contributed by atoms with Crippen molar-refractivity contribution in [3.8, 4) is 0 Å². The topological polar surface area (TPSA) is 95.5 Å². The van der Waals surface area contributed by atoms with Crippen LogP contribution in [0.4, 0.5) is 5.69 Å². The summed E-state index contributed by atoms with van der Waals surface area (Å²) in [7, 11) is -3.79. The minimum atomic E-state index is -3.79. The molecule has 1 amide bonds. The van der Waals surface area contributed by atoms with E-state index >= 15 is 0 Å². The highest BCUT2D eigenvalue weighted by molar-refractivity contribution is 7.92. The highest BCUT2D eigenvalue weighted by Crippen LogP contribution is 2.55. The van der Waals surface area contributed by atoms with Gasteiger partial charge in [0, 0.05) is 6.04 Å². The summed E-state index contributed by atoms with van der Waals surface area (Å²) in [6.45, 7) is 0. The first-order valence-electron chi connectivity index (χ1n) is 10.5. The largest absolute Gasteiger partial charge is 0.390 e. The number of hydrogen-bond acceptors (Lipinski definition) is 4. The molecule has 4 fully saturated rings. The zero-order valence-electron chi connectivity index (χ0n) is 16.6. The van der Waals surface area contributed by atoms with Crippen LogP contribution in [-0.4, -0.2) is 31.1 Å². The van der Waals surface area contributed by atoms with E-state index in [-0.39, 0.29) is 22.5 Å². The minimum Gasteiger partial charge on any atom is -0.390 e. The maximum atomic E-state index is 13.2. The lowest BCUT2D eigenvalue weighted by Gasteiger charge is -2.58. The summed E-state index contributed by atoms with van der Waals surface area (Å²) in [6, 6.07) is 14.8. The predicted octanol–water partition coefficient (Wildman–Crippen LogP) is 3.16. The fraction of sp³-hybridized carbons (Fsp3) is 0.435. The maximum Gasteiger partial charge on any atom is 0.261 e. The number of carbonyl (C=O) groups excluding carboxylic acids is 1. The van der Waals surface area contributed by atoms with E-state index in [1.165, 1.54) is 12.1 Å². The molecule has 2 aromatic carbocycles. The Bertz CT molecular complexity index is 1050. The molecule has 4 saturated carbocycles. The lowest BCUT2D eigenvalue weighted by molar-refractivity contribution is -0.136. The van der Waals surface area contributed by atoms with Crippen molar-refractivity contribution in [1.82, 2.24) is 5.32 Å². The predicted molar refractivity (Wildman–Crippen MR) is 113 cm³/mol. The molecule has 4 aliphatic carbocycles. The van der Waals surface area contributed by atoms with E-state index in [1.54, 1.807) is 42.5 Å². The van der Waals surface area contributed by atoms with Gasteiger partial charge >= 0.3 is 0 Å². The van der Waals surface area contributed by atoms with Gasteiger partial charge < -0.3 is 10.4 Å². The highest BCUT2D eigenvalue weighted by Gasteiger charge is 2.55. The summed E-state index contributed by atoms with van der Waals surface area (Å²) in [5.74, 6) is 0.869. The molecule has 4 bridgehead atoms. The molecule has 3 N–H and O–H groups in total. The molecule has 0 radical (unpaired) electrons. The third-order valence-corrected chi connectivity index (χ3v) is 8.39. The average Bonchev–Trinajstić information content (AvgIpc) is 2.70. The van der Waals surface area contributed by atoms with Crippen LogP contribution in [0, 0.1) is 17.8 Å². The van der Waals surface area contributed by atoms with Crippen LogP contribution < -0.4 is 10.0 Å². The first kappa shape index (κ1) is 19.6. The molecule has 0 saturated heterocycles. The summed E-state index contributed by atoms with van der Waals surface area (Å²) in [6.07, 6.45) is 4.48. The second kappa shape index (κ2) is 7.10. The second-order valence-electron chi connectivity index (χ2n) is 9.16. The Hall–Kier alpha value is -2.38. The third kappa shape index (κ3) is 3.50. The molecule has 158 valence electrons. The molecular formula is C23H26N2O4S. The van der Waals surface area contributed by atoms with Crippen molar-refractivity contribution in [3.63, 3.8) is 0 Å². The number of amides is 1. The van der Waals surface area contributed by atoms with E-state index in [9.17, 15) is 18.3 Å². The van der Waals surface area contributed by atoms with Gasteiger partial charge in [-0.25, -0.2) is 8.42 Å². The number of sulfonamides is 1. The Morgan fingerprint density at radius 2 is 1.57 bits per heavy atom. The third-order valence-electron chi connectivity index (χ3n) is 7.01. The molecule has 2 unspecified atom stereocenters. The van der Waals surface area contributed by atoms with Crippen LogP contribution in [0.25, 0.3) is 0 Å². The summed E-state index contributed by atoms with van der Waals surface area (Å²) < 4.78 is 28.0. The van der Waals surface area contributed by atoms with E-state index in [1.807, 2.05) is 0 Å². The number of nitrogens with one attached hydrogen (secondary N) is 2. The van der Waals surface area contributed by atoms with E-state index in [0.29, 0.717) is 23.3 Å². The van der Waals surface area contributed by atoms with Gasteiger partial charge in [0.15, 0.2) is 0 Å². The van der Waals surface area contributed by atoms with E-state index in [2.05, 4.69) is 10.0 Å². The molecule has 0 heterocycles. The number of anilines is 1. The number of aliphatic hydroxyl groups is 1. The summed E-state index contributed by atoms with van der Waals surface area (Å²) in [5, 5.41) is 13.9.